The van der Waals surface area contributed by atoms with Crippen LogP contribution in [0.25, 0.3) is 22.6 Å². The zero-order chi connectivity index (χ0) is 31.8. The summed E-state index contributed by atoms with van der Waals surface area (Å²) in [7, 11) is 0. The van der Waals surface area contributed by atoms with Crippen LogP contribution in [0.3, 0.4) is 0 Å². The minimum atomic E-state index is -1.15. The average molecular weight is 612 g/mol. The van der Waals surface area contributed by atoms with Gasteiger partial charge in [-0.15, -0.1) is 0 Å². The second kappa shape index (κ2) is 13.8. The van der Waals surface area contributed by atoms with Gasteiger partial charge in [0.1, 0.15) is 11.2 Å². The minimum Gasteiger partial charge on any atom is -0.481 e. The van der Waals surface area contributed by atoms with Crippen molar-refractivity contribution in [1.29, 1.82) is 0 Å². The molecule has 12 nitrogen and oxygen atoms in total. The molecule has 0 radical (unpaired) electrons. The SMILES string of the molecule is CC1(C(=O)O)COC(c2nc(-c3ccc(F)cc3)c(-c3ccnc(NCc4ccncc4)n3)[nH]2)OC1.NC(=O)c1ccccc1. The Kier molecular flexibility index (Phi) is 9.51. The maximum absolute atomic E-state index is 13.6. The predicted octanol–water partition coefficient (Wildman–Crippen LogP) is 4.60. The Bertz CT molecular complexity index is 1740. The highest BCUT2D eigenvalue weighted by atomic mass is 19.1. The fraction of sp³-hybridized carbons (Fsp3) is 0.188. The van der Waals surface area contributed by atoms with Gasteiger partial charge in [-0.3, -0.25) is 14.6 Å². The quantitative estimate of drug-likeness (QED) is 0.194. The van der Waals surface area contributed by atoms with Crippen LogP contribution in [0, 0.1) is 11.2 Å². The lowest BCUT2D eigenvalue weighted by Gasteiger charge is -2.33. The van der Waals surface area contributed by atoms with Crippen molar-refractivity contribution >= 4 is 17.8 Å². The number of pyridine rings is 1. The van der Waals surface area contributed by atoms with Crippen LogP contribution in [-0.4, -0.2) is 55.1 Å². The van der Waals surface area contributed by atoms with E-state index in [0.717, 1.165) is 5.56 Å². The number of nitrogens with two attached hydrogens (primary N) is 1. The van der Waals surface area contributed by atoms with Crippen LogP contribution in [0.4, 0.5) is 10.3 Å². The van der Waals surface area contributed by atoms with E-state index in [1.54, 1.807) is 68.0 Å². The largest absolute Gasteiger partial charge is 0.481 e. The Morgan fingerprint density at radius 3 is 2.31 bits per heavy atom. The van der Waals surface area contributed by atoms with Crippen molar-refractivity contribution in [1.82, 2.24) is 24.9 Å². The lowest BCUT2D eigenvalue weighted by Crippen LogP contribution is -2.42. The zero-order valence-corrected chi connectivity index (χ0v) is 24.2. The Hall–Kier alpha value is -5.53. The molecule has 5 N–H and O–H groups in total. The summed E-state index contributed by atoms with van der Waals surface area (Å²) >= 11 is 0. The van der Waals surface area contributed by atoms with Crippen LogP contribution in [0.2, 0.25) is 0 Å². The van der Waals surface area contributed by atoms with Gasteiger partial charge in [-0.2, -0.15) is 0 Å². The van der Waals surface area contributed by atoms with E-state index in [9.17, 15) is 19.1 Å². The number of carbonyl (C=O) groups excluding carboxylic acids is 1. The first-order valence-electron chi connectivity index (χ1n) is 13.9. The number of benzene rings is 2. The first-order valence-corrected chi connectivity index (χ1v) is 13.9. The number of aromatic nitrogens is 5. The number of halogens is 1. The van der Waals surface area contributed by atoms with Crippen LogP contribution >= 0.6 is 0 Å². The summed E-state index contributed by atoms with van der Waals surface area (Å²) in [5, 5.41) is 12.6. The number of primary amides is 1. The van der Waals surface area contributed by atoms with Gasteiger partial charge in [0.2, 0.25) is 18.1 Å². The van der Waals surface area contributed by atoms with E-state index >= 15 is 0 Å². The van der Waals surface area contributed by atoms with E-state index in [-0.39, 0.29) is 24.9 Å². The van der Waals surface area contributed by atoms with Gasteiger partial charge in [0.15, 0.2) is 5.82 Å². The Morgan fingerprint density at radius 1 is 1.00 bits per heavy atom. The zero-order valence-electron chi connectivity index (χ0n) is 24.2. The maximum Gasteiger partial charge on any atom is 0.314 e. The molecule has 1 aliphatic rings. The van der Waals surface area contributed by atoms with Crippen molar-refractivity contribution in [2.24, 2.45) is 11.1 Å². The predicted molar refractivity (Wildman–Crippen MR) is 162 cm³/mol. The number of carboxylic acid groups (broad SMARTS) is 1. The summed E-state index contributed by atoms with van der Waals surface area (Å²) in [6.45, 7) is 2.00. The molecule has 230 valence electrons. The Balaban J connectivity index is 0.000000383. The molecule has 2 aromatic carbocycles. The van der Waals surface area contributed by atoms with Crippen LogP contribution in [0.5, 0.6) is 0 Å². The second-order valence-corrected chi connectivity index (χ2v) is 10.4. The molecule has 1 aliphatic heterocycles. The monoisotopic (exact) mass is 611 g/mol. The number of anilines is 1. The first kappa shape index (κ1) is 30.9. The molecule has 0 bridgehead atoms. The smallest absolute Gasteiger partial charge is 0.314 e. The van der Waals surface area contributed by atoms with E-state index in [1.165, 1.54) is 12.1 Å². The standard InChI is InChI=1S/C25H23FN6O4.C7H7NO/c1-25(23(33)34)13-35-22(36-14-25)21-31-19(16-2-4-17(26)5-3-16)20(32-21)18-8-11-28-24(30-18)29-12-15-6-9-27-10-7-15;8-7(9)6-4-2-1-3-5-6/h2-11,22H,12-14H2,1H3,(H,31,32)(H,33,34)(H,28,29,30);1-5H,(H2,8,9). The van der Waals surface area contributed by atoms with Crippen molar-refractivity contribution < 1.29 is 28.6 Å². The summed E-state index contributed by atoms with van der Waals surface area (Å²) < 4.78 is 25.0. The minimum absolute atomic E-state index is 0.0362. The third kappa shape index (κ3) is 7.71. The number of nitrogens with one attached hydrogen (secondary N) is 2. The van der Waals surface area contributed by atoms with Gasteiger partial charge in [0.05, 0.1) is 30.3 Å². The Morgan fingerprint density at radius 2 is 1.69 bits per heavy atom. The molecule has 0 atom stereocenters. The number of carboxylic acids is 1. The van der Waals surface area contributed by atoms with Crippen molar-refractivity contribution in [3.05, 3.63) is 114 Å². The number of nitrogens with zero attached hydrogens (tertiary/aromatic N) is 4. The van der Waals surface area contributed by atoms with Gasteiger partial charge in [0, 0.05) is 36.3 Å². The molecule has 3 aromatic heterocycles. The average Bonchev–Trinajstić information content (AvgIpc) is 3.51. The summed E-state index contributed by atoms with van der Waals surface area (Å²) in [5.41, 5.74) is 7.69. The highest BCUT2D eigenvalue weighted by Gasteiger charge is 2.41. The van der Waals surface area contributed by atoms with Gasteiger partial charge >= 0.3 is 5.97 Å². The second-order valence-electron chi connectivity index (χ2n) is 10.4. The van der Waals surface area contributed by atoms with Crippen molar-refractivity contribution in [2.75, 3.05) is 18.5 Å². The number of imidazole rings is 1. The number of aromatic amines is 1. The molecule has 0 aliphatic carbocycles. The molecule has 6 rings (SSSR count). The van der Waals surface area contributed by atoms with Crippen LogP contribution < -0.4 is 11.1 Å². The fourth-order valence-electron chi connectivity index (χ4n) is 4.26. The fourth-order valence-corrected chi connectivity index (χ4v) is 4.26. The molecule has 1 amide bonds. The van der Waals surface area contributed by atoms with E-state index in [2.05, 4.69) is 30.2 Å². The van der Waals surface area contributed by atoms with Gasteiger partial charge in [0.25, 0.3) is 0 Å². The van der Waals surface area contributed by atoms with Crippen molar-refractivity contribution in [2.45, 2.75) is 19.8 Å². The number of rotatable bonds is 8. The number of H-pyrrole nitrogens is 1. The normalized spacial score (nSPS) is 17.5. The van der Waals surface area contributed by atoms with Crippen LogP contribution in [0.15, 0.2) is 91.4 Å². The topological polar surface area (TPSA) is 178 Å². The summed E-state index contributed by atoms with van der Waals surface area (Å²) in [6, 6.07) is 20.2. The van der Waals surface area contributed by atoms with Crippen molar-refractivity contribution in [3.63, 3.8) is 0 Å². The molecule has 13 heteroatoms. The summed E-state index contributed by atoms with van der Waals surface area (Å²) in [6.07, 6.45) is 4.16. The number of amides is 1. The summed E-state index contributed by atoms with van der Waals surface area (Å²) in [5.74, 6) is -0.987. The van der Waals surface area contributed by atoms with Crippen LogP contribution in [0.1, 0.15) is 35.0 Å². The molecule has 1 fully saturated rings. The van der Waals surface area contributed by atoms with E-state index in [0.29, 0.717) is 46.5 Å². The van der Waals surface area contributed by atoms with Crippen LogP contribution in [-0.2, 0) is 20.8 Å². The number of ether oxygens (including phenoxy) is 2. The molecule has 5 aromatic rings. The molecule has 4 heterocycles. The third-order valence-corrected chi connectivity index (χ3v) is 6.86. The highest BCUT2D eigenvalue weighted by molar-refractivity contribution is 5.92. The first-order chi connectivity index (χ1) is 21.7. The lowest BCUT2D eigenvalue weighted by molar-refractivity contribution is -0.236. The van der Waals surface area contributed by atoms with Crippen molar-refractivity contribution in [3.8, 4) is 22.6 Å². The number of hydrogen-bond donors (Lipinski definition) is 4. The van der Waals surface area contributed by atoms with E-state index < -0.39 is 17.7 Å². The molecule has 0 saturated carbocycles. The molecular weight excluding hydrogens is 581 g/mol. The molecule has 1 saturated heterocycles. The lowest BCUT2D eigenvalue weighted by atomic mass is 9.92. The van der Waals surface area contributed by atoms with Gasteiger partial charge in [-0.25, -0.2) is 19.3 Å². The third-order valence-electron chi connectivity index (χ3n) is 6.86. The molecule has 0 unspecified atom stereocenters. The number of hydrogen-bond acceptors (Lipinski definition) is 9. The molecular formula is C32H30FN7O5. The van der Waals surface area contributed by atoms with Gasteiger partial charge in [-0.05, 0) is 67.1 Å². The summed E-state index contributed by atoms with van der Waals surface area (Å²) in [4.78, 5) is 42.7. The maximum atomic E-state index is 13.6. The molecule has 0 spiro atoms. The van der Waals surface area contributed by atoms with E-state index in [1.807, 2.05) is 18.2 Å². The number of aliphatic carboxylic acids is 1. The van der Waals surface area contributed by atoms with E-state index in [4.69, 9.17) is 15.2 Å². The molecule has 45 heavy (non-hydrogen) atoms. The van der Waals surface area contributed by atoms with Gasteiger partial charge in [-0.1, -0.05) is 18.2 Å². The van der Waals surface area contributed by atoms with Gasteiger partial charge < -0.3 is 30.6 Å². The Labute approximate surface area is 257 Å². The highest BCUT2D eigenvalue weighted by Crippen LogP contribution is 2.35. The number of carbonyl (C=O) groups is 2.